The van der Waals surface area contributed by atoms with Gasteiger partial charge < -0.3 is 15.2 Å². The number of carbonyl (C=O) groups is 2. The van der Waals surface area contributed by atoms with E-state index in [0.29, 0.717) is 18.7 Å². The molecule has 0 aromatic heterocycles. The molecule has 150 valence electrons. The smallest absolute Gasteiger partial charge is 0.337 e. The number of unbranched alkanes of at least 4 members (excludes halogenated alkanes) is 3. The van der Waals surface area contributed by atoms with Crippen molar-refractivity contribution in [3.63, 3.8) is 0 Å². The summed E-state index contributed by atoms with van der Waals surface area (Å²) in [5.74, 6) is -0.335. The third-order valence-corrected chi connectivity index (χ3v) is 4.72. The van der Waals surface area contributed by atoms with Crippen molar-refractivity contribution in [3.05, 3.63) is 72.3 Å². The average molecular weight is 391 g/mol. The molecule has 0 aliphatic carbocycles. The maximum absolute atomic E-state index is 12.0. The number of hydrogen-bond acceptors (Lipinski definition) is 3. The topological polar surface area (TPSA) is 75.6 Å². The van der Waals surface area contributed by atoms with E-state index in [1.54, 1.807) is 18.2 Å². The molecule has 3 aromatic carbocycles. The van der Waals surface area contributed by atoms with Gasteiger partial charge in [0.15, 0.2) is 0 Å². The van der Waals surface area contributed by atoms with Crippen molar-refractivity contribution < 1.29 is 19.4 Å². The predicted octanol–water partition coefficient (Wildman–Crippen LogP) is 5.51. The third-order valence-electron chi connectivity index (χ3n) is 4.72. The van der Waals surface area contributed by atoms with E-state index in [9.17, 15) is 9.59 Å². The molecule has 29 heavy (non-hydrogen) atoms. The molecule has 1 amide bonds. The Morgan fingerprint density at radius 1 is 0.828 bits per heavy atom. The summed E-state index contributed by atoms with van der Waals surface area (Å²) in [6.45, 7) is 0.649. The molecule has 3 aromatic rings. The standard InChI is InChI=1S/C24H25NO4/c26-23(25-22-12-7-6-11-21(22)24(27)28)13-3-1-2-8-16-29-20-15-14-18-9-4-5-10-19(18)17-20/h4-7,9-12,14-15,17H,1-3,8,13,16H2,(H,25,26)(H,27,28). The molecule has 0 saturated carbocycles. The minimum absolute atomic E-state index is 0.103. The lowest BCUT2D eigenvalue weighted by atomic mass is 10.1. The molecule has 0 radical (unpaired) electrons. The predicted molar refractivity (Wildman–Crippen MR) is 115 cm³/mol. The van der Waals surface area contributed by atoms with E-state index in [2.05, 4.69) is 29.6 Å². The number of carboxylic acids is 1. The van der Waals surface area contributed by atoms with Gasteiger partial charge in [-0.1, -0.05) is 55.3 Å². The second-order valence-corrected chi connectivity index (χ2v) is 6.92. The number of anilines is 1. The minimum atomic E-state index is -1.05. The first-order valence-corrected chi connectivity index (χ1v) is 9.87. The first kappa shape index (κ1) is 20.4. The molecule has 0 spiro atoms. The van der Waals surface area contributed by atoms with Crippen LogP contribution in [0.2, 0.25) is 0 Å². The molecule has 3 rings (SSSR count). The Bertz CT molecular complexity index is 983. The SMILES string of the molecule is O=C(CCCCCCOc1ccc2ccccc2c1)Nc1ccccc1C(=O)O. The monoisotopic (exact) mass is 391 g/mol. The fourth-order valence-corrected chi connectivity index (χ4v) is 3.18. The van der Waals surface area contributed by atoms with Crippen LogP contribution in [0.25, 0.3) is 10.8 Å². The van der Waals surface area contributed by atoms with Crippen LogP contribution in [-0.2, 0) is 4.79 Å². The zero-order valence-corrected chi connectivity index (χ0v) is 16.3. The first-order chi connectivity index (χ1) is 14.1. The molecule has 0 aliphatic heterocycles. The summed E-state index contributed by atoms with van der Waals surface area (Å²) in [5.41, 5.74) is 0.445. The van der Waals surface area contributed by atoms with Crippen LogP contribution < -0.4 is 10.1 Å². The molecular weight excluding hydrogens is 366 g/mol. The Morgan fingerprint density at radius 3 is 2.38 bits per heavy atom. The normalized spacial score (nSPS) is 10.6. The molecular formula is C24H25NO4. The number of amides is 1. The number of benzene rings is 3. The van der Waals surface area contributed by atoms with Crippen molar-refractivity contribution in [1.82, 2.24) is 0 Å². The summed E-state index contributed by atoms with van der Waals surface area (Å²) >= 11 is 0. The van der Waals surface area contributed by atoms with Crippen molar-refractivity contribution >= 4 is 28.3 Å². The maximum atomic E-state index is 12.0. The van der Waals surface area contributed by atoms with Gasteiger partial charge in [-0.05, 0) is 47.9 Å². The van der Waals surface area contributed by atoms with Crippen LogP contribution >= 0.6 is 0 Å². The molecule has 5 nitrogen and oxygen atoms in total. The maximum Gasteiger partial charge on any atom is 0.337 e. The molecule has 0 unspecified atom stereocenters. The number of carbonyl (C=O) groups excluding carboxylic acids is 1. The van der Waals surface area contributed by atoms with E-state index in [1.165, 1.54) is 16.8 Å². The number of nitrogens with one attached hydrogen (secondary N) is 1. The van der Waals surface area contributed by atoms with Gasteiger partial charge in [0.05, 0.1) is 17.9 Å². The van der Waals surface area contributed by atoms with Crippen molar-refractivity contribution in [1.29, 1.82) is 0 Å². The summed E-state index contributed by atoms with van der Waals surface area (Å²) in [6.07, 6.45) is 3.97. The largest absolute Gasteiger partial charge is 0.494 e. The summed E-state index contributed by atoms with van der Waals surface area (Å²) in [7, 11) is 0. The quantitative estimate of drug-likeness (QED) is 0.447. The Balaban J connectivity index is 1.31. The number of carboxylic acid groups (broad SMARTS) is 1. The van der Waals surface area contributed by atoms with Crippen LogP contribution in [0, 0.1) is 0 Å². The van der Waals surface area contributed by atoms with Gasteiger partial charge in [-0.3, -0.25) is 4.79 Å². The van der Waals surface area contributed by atoms with Crippen molar-refractivity contribution in [2.45, 2.75) is 32.1 Å². The van der Waals surface area contributed by atoms with Gasteiger partial charge >= 0.3 is 5.97 Å². The molecule has 0 bridgehead atoms. The second-order valence-electron chi connectivity index (χ2n) is 6.92. The molecule has 0 aliphatic rings. The zero-order chi connectivity index (χ0) is 20.5. The van der Waals surface area contributed by atoms with Crippen LogP contribution in [0.5, 0.6) is 5.75 Å². The minimum Gasteiger partial charge on any atom is -0.494 e. The van der Waals surface area contributed by atoms with Gasteiger partial charge in [-0.15, -0.1) is 0 Å². The molecule has 0 fully saturated rings. The van der Waals surface area contributed by atoms with Crippen LogP contribution in [0.15, 0.2) is 66.7 Å². The number of aromatic carboxylic acids is 1. The molecule has 0 saturated heterocycles. The number of hydrogen-bond donors (Lipinski definition) is 2. The average Bonchev–Trinajstić information content (AvgIpc) is 2.73. The van der Waals surface area contributed by atoms with E-state index < -0.39 is 5.97 Å². The first-order valence-electron chi connectivity index (χ1n) is 9.87. The lowest BCUT2D eigenvalue weighted by molar-refractivity contribution is -0.116. The van der Waals surface area contributed by atoms with Gasteiger partial charge in [0.25, 0.3) is 0 Å². The molecule has 2 N–H and O–H groups in total. The molecule has 0 atom stereocenters. The van der Waals surface area contributed by atoms with Crippen LogP contribution in [0.3, 0.4) is 0 Å². The Hall–Kier alpha value is -3.34. The highest BCUT2D eigenvalue weighted by atomic mass is 16.5. The second kappa shape index (κ2) is 10.3. The van der Waals surface area contributed by atoms with Gasteiger partial charge in [-0.2, -0.15) is 0 Å². The lowest BCUT2D eigenvalue weighted by Crippen LogP contribution is -2.14. The van der Waals surface area contributed by atoms with Gasteiger partial charge in [0.1, 0.15) is 5.75 Å². The Labute approximate surface area is 170 Å². The fraction of sp³-hybridized carbons (Fsp3) is 0.250. The highest BCUT2D eigenvalue weighted by Gasteiger charge is 2.11. The van der Waals surface area contributed by atoms with E-state index in [4.69, 9.17) is 9.84 Å². The summed E-state index contributed by atoms with van der Waals surface area (Å²) in [6, 6.07) is 20.7. The number of rotatable bonds is 10. The van der Waals surface area contributed by atoms with E-state index in [1.807, 2.05) is 18.2 Å². The van der Waals surface area contributed by atoms with Gasteiger partial charge in [0, 0.05) is 6.42 Å². The highest BCUT2D eigenvalue weighted by Crippen LogP contribution is 2.21. The number of fused-ring (bicyclic) bond motifs is 1. The van der Waals surface area contributed by atoms with Crippen LogP contribution in [-0.4, -0.2) is 23.6 Å². The summed E-state index contributed by atoms with van der Waals surface area (Å²) in [4.78, 5) is 23.2. The Kier molecular flexibility index (Phi) is 7.22. The van der Waals surface area contributed by atoms with Gasteiger partial charge in [0.2, 0.25) is 5.91 Å². The van der Waals surface area contributed by atoms with Crippen LogP contribution in [0.4, 0.5) is 5.69 Å². The van der Waals surface area contributed by atoms with E-state index in [0.717, 1.165) is 31.4 Å². The van der Waals surface area contributed by atoms with Crippen molar-refractivity contribution in [2.75, 3.05) is 11.9 Å². The van der Waals surface area contributed by atoms with Crippen molar-refractivity contribution in [3.8, 4) is 5.75 Å². The van der Waals surface area contributed by atoms with E-state index in [-0.39, 0.29) is 11.5 Å². The highest BCUT2D eigenvalue weighted by molar-refractivity contribution is 6.00. The molecule has 5 heteroatoms. The van der Waals surface area contributed by atoms with Gasteiger partial charge in [-0.25, -0.2) is 4.79 Å². The fourth-order valence-electron chi connectivity index (χ4n) is 3.18. The number of para-hydroxylation sites is 1. The third kappa shape index (κ3) is 6.07. The zero-order valence-electron chi connectivity index (χ0n) is 16.3. The van der Waals surface area contributed by atoms with Crippen molar-refractivity contribution in [2.24, 2.45) is 0 Å². The summed E-state index contributed by atoms with van der Waals surface area (Å²) in [5, 5.41) is 14.2. The molecule has 0 heterocycles. The number of ether oxygens (including phenoxy) is 1. The Morgan fingerprint density at radius 2 is 1.55 bits per heavy atom. The van der Waals surface area contributed by atoms with Crippen LogP contribution in [0.1, 0.15) is 42.5 Å². The van der Waals surface area contributed by atoms with E-state index >= 15 is 0 Å². The summed E-state index contributed by atoms with van der Waals surface area (Å²) < 4.78 is 5.82. The lowest BCUT2D eigenvalue weighted by Gasteiger charge is -2.09.